The monoisotopic (exact) mass is 214 g/mol. The Morgan fingerprint density at radius 3 is 2.73 bits per heavy atom. The first-order valence-electron chi connectivity index (χ1n) is 5.85. The Hall–Kier alpha value is -0.610. The third-order valence-corrected chi connectivity index (χ3v) is 2.60. The molecule has 1 fully saturated rings. The van der Waals surface area contributed by atoms with Crippen LogP contribution >= 0.6 is 0 Å². The quantitative estimate of drug-likeness (QED) is 0.575. The van der Waals surface area contributed by atoms with Crippen LogP contribution in [0, 0.1) is 0 Å². The van der Waals surface area contributed by atoms with Gasteiger partial charge in [0.2, 0.25) is 5.91 Å². The maximum atomic E-state index is 11.5. The standard InChI is InChI=1S/C11H22N2O2/c1-3-4-10(14)7-12-8(2)11(15)13-9-5-6-9/h8-10,12,14H,3-7H2,1-2H3,(H,13,15). The van der Waals surface area contributed by atoms with E-state index in [1.54, 1.807) is 0 Å². The molecule has 0 spiro atoms. The fourth-order valence-electron chi connectivity index (χ4n) is 1.39. The van der Waals surface area contributed by atoms with E-state index in [2.05, 4.69) is 10.6 Å². The van der Waals surface area contributed by atoms with Crippen molar-refractivity contribution in [3.8, 4) is 0 Å². The summed E-state index contributed by atoms with van der Waals surface area (Å²) in [6.07, 6.45) is 3.62. The van der Waals surface area contributed by atoms with Crippen LogP contribution in [0.3, 0.4) is 0 Å². The molecule has 88 valence electrons. The summed E-state index contributed by atoms with van der Waals surface area (Å²) in [6, 6.07) is 0.194. The molecule has 0 aromatic carbocycles. The zero-order valence-electron chi connectivity index (χ0n) is 9.62. The van der Waals surface area contributed by atoms with Gasteiger partial charge >= 0.3 is 0 Å². The number of amides is 1. The second-order valence-electron chi connectivity index (χ2n) is 4.36. The summed E-state index contributed by atoms with van der Waals surface area (Å²) >= 11 is 0. The summed E-state index contributed by atoms with van der Waals surface area (Å²) < 4.78 is 0. The first kappa shape index (κ1) is 12.5. The number of nitrogens with one attached hydrogen (secondary N) is 2. The Kier molecular flexibility index (Phi) is 5.05. The van der Waals surface area contributed by atoms with Gasteiger partial charge in [-0.1, -0.05) is 13.3 Å². The molecule has 4 heteroatoms. The Labute approximate surface area is 91.4 Å². The Morgan fingerprint density at radius 2 is 2.20 bits per heavy atom. The van der Waals surface area contributed by atoms with Crippen molar-refractivity contribution < 1.29 is 9.90 Å². The van der Waals surface area contributed by atoms with Gasteiger partial charge in [0, 0.05) is 12.6 Å². The highest BCUT2D eigenvalue weighted by Gasteiger charge is 2.25. The highest BCUT2D eigenvalue weighted by molar-refractivity contribution is 5.81. The molecule has 0 bridgehead atoms. The van der Waals surface area contributed by atoms with Crippen molar-refractivity contribution in [1.29, 1.82) is 0 Å². The normalized spacial score (nSPS) is 19.7. The zero-order chi connectivity index (χ0) is 11.3. The number of carbonyl (C=O) groups excluding carboxylic acids is 1. The molecule has 0 aliphatic heterocycles. The van der Waals surface area contributed by atoms with Crippen molar-refractivity contribution in [2.45, 2.75) is 57.7 Å². The summed E-state index contributed by atoms with van der Waals surface area (Å²) in [5.74, 6) is 0.0428. The Balaban J connectivity index is 2.10. The van der Waals surface area contributed by atoms with E-state index in [-0.39, 0.29) is 18.1 Å². The molecule has 1 aliphatic rings. The van der Waals surface area contributed by atoms with E-state index in [0.717, 1.165) is 25.7 Å². The second-order valence-corrected chi connectivity index (χ2v) is 4.36. The van der Waals surface area contributed by atoms with Gasteiger partial charge in [-0.05, 0) is 26.2 Å². The molecule has 1 saturated carbocycles. The molecule has 15 heavy (non-hydrogen) atoms. The van der Waals surface area contributed by atoms with Gasteiger partial charge in [0.05, 0.1) is 12.1 Å². The molecule has 3 N–H and O–H groups in total. The van der Waals surface area contributed by atoms with Crippen LogP contribution in [0.5, 0.6) is 0 Å². The predicted molar refractivity (Wildman–Crippen MR) is 59.5 cm³/mol. The van der Waals surface area contributed by atoms with Gasteiger partial charge in [0.25, 0.3) is 0 Å². The minimum atomic E-state index is -0.342. The summed E-state index contributed by atoms with van der Waals surface area (Å²) in [5.41, 5.74) is 0. The fraction of sp³-hybridized carbons (Fsp3) is 0.909. The first-order valence-corrected chi connectivity index (χ1v) is 5.85. The lowest BCUT2D eigenvalue weighted by Crippen LogP contribution is -2.45. The maximum Gasteiger partial charge on any atom is 0.237 e. The fourth-order valence-corrected chi connectivity index (χ4v) is 1.39. The van der Waals surface area contributed by atoms with E-state index in [4.69, 9.17) is 0 Å². The van der Waals surface area contributed by atoms with Crippen LogP contribution in [-0.2, 0) is 4.79 Å². The molecule has 0 aromatic heterocycles. The molecular weight excluding hydrogens is 192 g/mol. The van der Waals surface area contributed by atoms with Gasteiger partial charge < -0.3 is 15.7 Å². The highest BCUT2D eigenvalue weighted by Crippen LogP contribution is 2.18. The van der Waals surface area contributed by atoms with Gasteiger partial charge in [-0.3, -0.25) is 4.79 Å². The number of carbonyl (C=O) groups is 1. The third-order valence-electron chi connectivity index (χ3n) is 2.60. The molecule has 0 aromatic rings. The minimum absolute atomic E-state index is 0.0428. The summed E-state index contributed by atoms with van der Waals surface area (Å²) in [4.78, 5) is 11.5. The van der Waals surface area contributed by atoms with E-state index in [1.165, 1.54) is 0 Å². The molecule has 1 rings (SSSR count). The van der Waals surface area contributed by atoms with Crippen LogP contribution in [0.4, 0.5) is 0 Å². The van der Waals surface area contributed by atoms with E-state index in [0.29, 0.717) is 12.6 Å². The van der Waals surface area contributed by atoms with Crippen LogP contribution < -0.4 is 10.6 Å². The summed E-state index contributed by atoms with van der Waals surface area (Å²) in [7, 11) is 0. The molecule has 1 aliphatic carbocycles. The van der Waals surface area contributed by atoms with E-state index >= 15 is 0 Å². The van der Waals surface area contributed by atoms with E-state index in [1.807, 2.05) is 13.8 Å². The average Bonchev–Trinajstić information content (AvgIpc) is 2.98. The SMILES string of the molecule is CCCC(O)CNC(C)C(=O)NC1CC1. The molecule has 0 saturated heterocycles. The van der Waals surface area contributed by atoms with Crippen LogP contribution in [0.25, 0.3) is 0 Å². The predicted octanol–water partition coefficient (Wildman–Crippen LogP) is 0.404. The van der Waals surface area contributed by atoms with Crippen LogP contribution in [0.1, 0.15) is 39.5 Å². The van der Waals surface area contributed by atoms with Crippen molar-refractivity contribution in [2.24, 2.45) is 0 Å². The molecule has 0 radical (unpaired) electrons. The maximum absolute atomic E-state index is 11.5. The van der Waals surface area contributed by atoms with Crippen LogP contribution in [0.15, 0.2) is 0 Å². The van der Waals surface area contributed by atoms with Gasteiger partial charge in [0.1, 0.15) is 0 Å². The number of rotatable bonds is 7. The van der Waals surface area contributed by atoms with Crippen LogP contribution in [-0.4, -0.2) is 35.7 Å². The lowest BCUT2D eigenvalue weighted by atomic mass is 10.2. The summed E-state index contributed by atoms with van der Waals surface area (Å²) in [6.45, 7) is 4.36. The lowest BCUT2D eigenvalue weighted by molar-refractivity contribution is -0.123. The van der Waals surface area contributed by atoms with Crippen molar-refractivity contribution in [1.82, 2.24) is 10.6 Å². The van der Waals surface area contributed by atoms with Gasteiger partial charge in [-0.2, -0.15) is 0 Å². The summed E-state index contributed by atoms with van der Waals surface area (Å²) in [5, 5.41) is 15.4. The van der Waals surface area contributed by atoms with Gasteiger partial charge in [-0.25, -0.2) is 0 Å². The molecular formula is C11H22N2O2. The number of hydrogen-bond donors (Lipinski definition) is 3. The van der Waals surface area contributed by atoms with Gasteiger partial charge in [-0.15, -0.1) is 0 Å². The van der Waals surface area contributed by atoms with Crippen molar-refractivity contribution >= 4 is 5.91 Å². The largest absolute Gasteiger partial charge is 0.392 e. The van der Waals surface area contributed by atoms with Crippen LogP contribution in [0.2, 0.25) is 0 Å². The average molecular weight is 214 g/mol. The molecule has 2 unspecified atom stereocenters. The van der Waals surface area contributed by atoms with Crippen molar-refractivity contribution in [2.75, 3.05) is 6.54 Å². The second kappa shape index (κ2) is 6.08. The minimum Gasteiger partial charge on any atom is -0.392 e. The molecule has 1 amide bonds. The Morgan fingerprint density at radius 1 is 1.53 bits per heavy atom. The first-order chi connectivity index (χ1) is 7.13. The highest BCUT2D eigenvalue weighted by atomic mass is 16.3. The number of aliphatic hydroxyl groups excluding tert-OH is 1. The molecule has 2 atom stereocenters. The third kappa shape index (κ3) is 5.14. The zero-order valence-corrected chi connectivity index (χ0v) is 9.62. The van der Waals surface area contributed by atoms with E-state index < -0.39 is 0 Å². The topological polar surface area (TPSA) is 61.4 Å². The van der Waals surface area contributed by atoms with Gasteiger partial charge in [0.15, 0.2) is 0 Å². The smallest absolute Gasteiger partial charge is 0.237 e. The number of hydrogen-bond acceptors (Lipinski definition) is 3. The Bertz CT molecular complexity index is 205. The van der Waals surface area contributed by atoms with Crippen molar-refractivity contribution in [3.63, 3.8) is 0 Å². The number of aliphatic hydroxyl groups is 1. The lowest BCUT2D eigenvalue weighted by Gasteiger charge is -2.16. The van der Waals surface area contributed by atoms with E-state index in [9.17, 15) is 9.90 Å². The van der Waals surface area contributed by atoms with Crippen molar-refractivity contribution in [3.05, 3.63) is 0 Å². The molecule has 4 nitrogen and oxygen atoms in total. The molecule has 0 heterocycles.